The summed E-state index contributed by atoms with van der Waals surface area (Å²) < 4.78 is 0. The predicted octanol–water partition coefficient (Wildman–Crippen LogP) is 2.93. The van der Waals surface area contributed by atoms with Crippen LogP contribution in [0.15, 0.2) is 42.5 Å². The summed E-state index contributed by atoms with van der Waals surface area (Å²) >= 11 is 0. The van der Waals surface area contributed by atoms with Gasteiger partial charge in [0.15, 0.2) is 0 Å². The van der Waals surface area contributed by atoms with Crippen LogP contribution in [0.5, 0.6) is 0 Å². The molecule has 1 atom stereocenters. The molecule has 0 aromatic heterocycles. The molecular formula is C17H17NO. The molecule has 0 amide bonds. The van der Waals surface area contributed by atoms with Crippen LogP contribution in [0.2, 0.25) is 0 Å². The number of benzene rings is 2. The molecule has 0 spiro atoms. The number of nitrogens with one attached hydrogen (secondary N) is 1. The van der Waals surface area contributed by atoms with E-state index in [1.807, 2.05) is 0 Å². The minimum absolute atomic E-state index is 0.143. The van der Waals surface area contributed by atoms with Crippen molar-refractivity contribution in [2.24, 2.45) is 0 Å². The Hall–Kier alpha value is -1.93. The molecule has 1 aliphatic rings. The Morgan fingerprint density at radius 2 is 1.95 bits per heavy atom. The molecule has 19 heavy (non-hydrogen) atoms. The van der Waals surface area contributed by atoms with Crippen LogP contribution in [0.25, 0.3) is 0 Å². The third kappa shape index (κ3) is 2.20. The van der Waals surface area contributed by atoms with Crippen molar-refractivity contribution in [1.29, 1.82) is 0 Å². The molecule has 0 saturated heterocycles. The van der Waals surface area contributed by atoms with Gasteiger partial charge < -0.3 is 4.79 Å². The van der Waals surface area contributed by atoms with E-state index in [2.05, 4.69) is 54.7 Å². The molecular weight excluding hydrogens is 234 g/mol. The van der Waals surface area contributed by atoms with E-state index >= 15 is 0 Å². The van der Waals surface area contributed by atoms with Crippen LogP contribution < -0.4 is 5.32 Å². The van der Waals surface area contributed by atoms with Crippen LogP contribution in [0, 0.1) is 6.92 Å². The Labute approximate surface area is 113 Å². The Balaban J connectivity index is 2.01. The van der Waals surface area contributed by atoms with Gasteiger partial charge >= 0.3 is 0 Å². The fourth-order valence-electron chi connectivity index (χ4n) is 2.83. The lowest BCUT2D eigenvalue weighted by atomic mass is 9.92. The molecule has 0 fully saturated rings. The molecule has 3 rings (SSSR count). The lowest BCUT2D eigenvalue weighted by Gasteiger charge is -2.12. The zero-order valence-electron chi connectivity index (χ0n) is 11.0. The molecule has 1 unspecified atom stereocenters. The third-order valence-corrected chi connectivity index (χ3v) is 3.89. The fourth-order valence-corrected chi connectivity index (χ4v) is 2.83. The number of hydrogen-bond acceptors (Lipinski definition) is 2. The maximum absolute atomic E-state index is 11.2. The number of aldehydes is 1. The average molecular weight is 251 g/mol. The van der Waals surface area contributed by atoms with Crippen molar-refractivity contribution in [3.8, 4) is 0 Å². The van der Waals surface area contributed by atoms with E-state index in [1.54, 1.807) is 0 Å². The molecule has 1 heterocycles. The maximum atomic E-state index is 11.2. The molecule has 2 nitrogen and oxygen atoms in total. The van der Waals surface area contributed by atoms with Crippen LogP contribution in [-0.2, 0) is 17.8 Å². The van der Waals surface area contributed by atoms with Crippen LogP contribution in [0.4, 0.5) is 0 Å². The zero-order chi connectivity index (χ0) is 13.2. The molecule has 1 N–H and O–H groups in total. The average Bonchev–Trinajstić information content (AvgIpc) is 2.85. The van der Waals surface area contributed by atoms with Crippen LogP contribution in [0.1, 0.15) is 33.9 Å². The summed E-state index contributed by atoms with van der Waals surface area (Å²) in [5.74, 6) is 0. The second kappa shape index (κ2) is 4.98. The highest BCUT2D eigenvalue weighted by atomic mass is 16.1. The van der Waals surface area contributed by atoms with Crippen molar-refractivity contribution >= 4 is 6.29 Å². The van der Waals surface area contributed by atoms with E-state index in [-0.39, 0.29) is 6.04 Å². The summed E-state index contributed by atoms with van der Waals surface area (Å²) in [5.41, 5.74) is 6.32. The van der Waals surface area contributed by atoms with E-state index in [0.717, 1.165) is 19.3 Å². The number of carbonyl (C=O) groups excluding carboxylic acids is 1. The molecule has 0 radical (unpaired) electrons. The molecule has 2 aromatic rings. The fraction of sp³-hybridized carbons (Fsp3) is 0.235. The Bertz CT molecular complexity index is 618. The van der Waals surface area contributed by atoms with Crippen molar-refractivity contribution in [2.45, 2.75) is 25.9 Å². The van der Waals surface area contributed by atoms with E-state index in [4.69, 9.17) is 0 Å². The highest BCUT2D eigenvalue weighted by Crippen LogP contribution is 2.29. The van der Waals surface area contributed by atoms with Crippen LogP contribution in [0.3, 0.4) is 0 Å². The predicted molar refractivity (Wildman–Crippen MR) is 76.1 cm³/mol. The maximum Gasteiger partial charge on any atom is 0.141 e. The number of hydrogen-bond donors (Lipinski definition) is 1. The van der Waals surface area contributed by atoms with E-state index in [0.29, 0.717) is 0 Å². The van der Waals surface area contributed by atoms with Gasteiger partial charge in [0.25, 0.3) is 0 Å². The summed E-state index contributed by atoms with van der Waals surface area (Å²) in [6.07, 6.45) is 1.90. The van der Waals surface area contributed by atoms with Crippen molar-refractivity contribution in [3.05, 3.63) is 70.3 Å². The lowest BCUT2D eigenvalue weighted by molar-refractivity contribution is -0.109. The minimum atomic E-state index is -0.143. The summed E-state index contributed by atoms with van der Waals surface area (Å²) in [6, 6.07) is 14.6. The van der Waals surface area contributed by atoms with E-state index in [9.17, 15) is 4.79 Å². The standard InChI is InChI=1S/C17H17NO/c1-12-5-2-3-6-13(12)9-14-7-4-8-15-10-18-16(11-19)17(14)15/h2-8,11,16,18H,9-10H2,1H3. The summed E-state index contributed by atoms with van der Waals surface area (Å²) in [6.45, 7) is 2.92. The molecule has 2 heteroatoms. The topological polar surface area (TPSA) is 29.1 Å². The molecule has 0 aliphatic carbocycles. The smallest absolute Gasteiger partial charge is 0.141 e. The van der Waals surface area contributed by atoms with Gasteiger partial charge in [-0.15, -0.1) is 0 Å². The van der Waals surface area contributed by atoms with Gasteiger partial charge in [0.2, 0.25) is 0 Å². The number of carbonyl (C=O) groups is 1. The molecule has 96 valence electrons. The first-order valence-electron chi connectivity index (χ1n) is 6.63. The van der Waals surface area contributed by atoms with Gasteiger partial charge in [-0.05, 0) is 41.2 Å². The van der Waals surface area contributed by atoms with Crippen LogP contribution >= 0.6 is 0 Å². The Morgan fingerprint density at radius 1 is 1.16 bits per heavy atom. The highest BCUT2D eigenvalue weighted by molar-refractivity contribution is 5.66. The summed E-state index contributed by atoms with van der Waals surface area (Å²) in [5, 5.41) is 3.24. The van der Waals surface area contributed by atoms with Gasteiger partial charge in [-0.1, -0.05) is 42.5 Å². The SMILES string of the molecule is Cc1ccccc1Cc1cccc2c1C(C=O)NC2. The largest absolute Gasteiger partial charge is 0.301 e. The Kier molecular flexibility index (Phi) is 3.18. The van der Waals surface area contributed by atoms with Gasteiger partial charge in [0, 0.05) is 6.54 Å². The second-order valence-electron chi connectivity index (χ2n) is 5.09. The molecule has 1 aliphatic heterocycles. The quantitative estimate of drug-likeness (QED) is 0.850. The number of aryl methyl sites for hydroxylation is 1. The zero-order valence-corrected chi connectivity index (χ0v) is 11.0. The van der Waals surface area contributed by atoms with Gasteiger partial charge in [0.1, 0.15) is 6.29 Å². The van der Waals surface area contributed by atoms with Gasteiger partial charge in [-0.3, -0.25) is 5.32 Å². The van der Waals surface area contributed by atoms with Crippen molar-refractivity contribution in [1.82, 2.24) is 5.32 Å². The highest BCUT2D eigenvalue weighted by Gasteiger charge is 2.23. The first kappa shape index (κ1) is 12.1. The molecule has 2 aromatic carbocycles. The number of rotatable bonds is 3. The molecule has 0 saturated carbocycles. The van der Waals surface area contributed by atoms with Crippen LogP contribution in [-0.4, -0.2) is 6.29 Å². The van der Waals surface area contributed by atoms with Crippen molar-refractivity contribution in [2.75, 3.05) is 0 Å². The third-order valence-electron chi connectivity index (χ3n) is 3.89. The van der Waals surface area contributed by atoms with E-state index in [1.165, 1.54) is 27.8 Å². The summed E-state index contributed by atoms with van der Waals surface area (Å²) in [4.78, 5) is 11.2. The van der Waals surface area contributed by atoms with Gasteiger partial charge in [0.05, 0.1) is 6.04 Å². The lowest BCUT2D eigenvalue weighted by Crippen LogP contribution is -2.14. The molecule has 0 bridgehead atoms. The first-order valence-corrected chi connectivity index (χ1v) is 6.63. The summed E-state index contributed by atoms with van der Waals surface area (Å²) in [7, 11) is 0. The monoisotopic (exact) mass is 251 g/mol. The normalized spacial score (nSPS) is 17.2. The van der Waals surface area contributed by atoms with Gasteiger partial charge in [-0.2, -0.15) is 0 Å². The van der Waals surface area contributed by atoms with Crippen molar-refractivity contribution in [3.63, 3.8) is 0 Å². The van der Waals surface area contributed by atoms with Gasteiger partial charge in [-0.25, -0.2) is 0 Å². The minimum Gasteiger partial charge on any atom is -0.301 e. The first-order chi connectivity index (χ1) is 9.29. The Morgan fingerprint density at radius 3 is 2.74 bits per heavy atom. The number of fused-ring (bicyclic) bond motifs is 1. The van der Waals surface area contributed by atoms with Crippen molar-refractivity contribution < 1.29 is 4.79 Å². The second-order valence-corrected chi connectivity index (χ2v) is 5.09. The van der Waals surface area contributed by atoms with E-state index < -0.39 is 0 Å².